The highest BCUT2D eigenvalue weighted by molar-refractivity contribution is 6.03. The minimum Gasteiger partial charge on any atom is -0.495 e. The van der Waals surface area contributed by atoms with E-state index in [4.69, 9.17) is 9.57 Å². The molecule has 1 saturated heterocycles. The molecule has 1 atom stereocenters. The van der Waals surface area contributed by atoms with Crippen molar-refractivity contribution in [2.24, 2.45) is 5.16 Å². The fraction of sp³-hybridized carbons (Fsp3) is 0.308. The van der Waals surface area contributed by atoms with Crippen LogP contribution < -0.4 is 4.74 Å². The Kier molecular flexibility index (Phi) is 5.40. The van der Waals surface area contributed by atoms with E-state index < -0.39 is 5.54 Å². The second kappa shape index (κ2) is 8.39. The normalized spacial score (nSPS) is 21.4. The Morgan fingerprint density at radius 1 is 1.18 bits per heavy atom. The number of aryl methyl sites for hydroxylation is 1. The summed E-state index contributed by atoms with van der Waals surface area (Å²) < 4.78 is 21.2. The number of rotatable bonds is 4. The number of aromatic nitrogens is 2. The monoisotopic (exact) mass is 446 g/mol. The summed E-state index contributed by atoms with van der Waals surface area (Å²) in [5.74, 6) is 1.37. The SMILES string of the molecule is COc1cc(C=C2CCCN3C2=NOCC3(C)c2ccc(F)cc2)ccc1-n1cnc(C)c1. The molecule has 1 fully saturated rings. The molecule has 170 valence electrons. The van der Waals surface area contributed by atoms with Gasteiger partial charge in [-0.3, -0.25) is 0 Å². The lowest BCUT2D eigenvalue weighted by atomic mass is 9.86. The summed E-state index contributed by atoms with van der Waals surface area (Å²) in [7, 11) is 1.68. The molecule has 0 bridgehead atoms. The van der Waals surface area contributed by atoms with Crippen LogP contribution in [0.4, 0.5) is 4.39 Å². The maximum absolute atomic E-state index is 13.5. The Hall–Kier alpha value is -3.61. The van der Waals surface area contributed by atoms with Crippen molar-refractivity contribution in [2.75, 3.05) is 20.3 Å². The van der Waals surface area contributed by atoms with Gasteiger partial charge < -0.3 is 19.0 Å². The van der Waals surface area contributed by atoms with E-state index in [1.807, 2.05) is 42.0 Å². The molecule has 33 heavy (non-hydrogen) atoms. The lowest BCUT2D eigenvalue weighted by molar-refractivity contribution is 0.00241. The van der Waals surface area contributed by atoms with Gasteiger partial charge in [0.25, 0.3) is 0 Å². The molecule has 2 aliphatic heterocycles. The minimum atomic E-state index is -0.412. The number of ether oxygens (including phenoxy) is 1. The van der Waals surface area contributed by atoms with Crippen molar-refractivity contribution in [2.45, 2.75) is 32.2 Å². The average Bonchev–Trinajstić information content (AvgIpc) is 3.26. The summed E-state index contributed by atoms with van der Waals surface area (Å²) in [6.45, 7) is 5.38. The average molecular weight is 447 g/mol. The third kappa shape index (κ3) is 3.88. The maximum atomic E-state index is 13.5. The number of piperidine rings is 1. The second-order valence-corrected chi connectivity index (χ2v) is 8.75. The summed E-state index contributed by atoms with van der Waals surface area (Å²) in [4.78, 5) is 12.3. The predicted molar refractivity (Wildman–Crippen MR) is 126 cm³/mol. The van der Waals surface area contributed by atoms with Gasteiger partial charge in [-0.1, -0.05) is 23.4 Å². The Labute approximate surface area is 192 Å². The van der Waals surface area contributed by atoms with Crippen LogP contribution >= 0.6 is 0 Å². The summed E-state index contributed by atoms with van der Waals surface area (Å²) in [5, 5.41) is 4.43. The molecule has 0 saturated carbocycles. The molecule has 0 radical (unpaired) electrons. The van der Waals surface area contributed by atoms with E-state index in [2.05, 4.69) is 34.1 Å². The summed E-state index contributed by atoms with van der Waals surface area (Å²) in [5.41, 5.74) is 4.63. The van der Waals surface area contributed by atoms with Gasteiger partial charge in [0, 0.05) is 12.7 Å². The molecule has 0 spiro atoms. The van der Waals surface area contributed by atoms with Gasteiger partial charge in [0.15, 0.2) is 5.84 Å². The topological polar surface area (TPSA) is 51.9 Å². The first-order valence-corrected chi connectivity index (χ1v) is 11.1. The molecular weight excluding hydrogens is 419 g/mol. The quantitative estimate of drug-likeness (QED) is 0.562. The van der Waals surface area contributed by atoms with Crippen molar-refractivity contribution < 1.29 is 14.0 Å². The third-order valence-corrected chi connectivity index (χ3v) is 6.46. The van der Waals surface area contributed by atoms with Gasteiger partial charge in [-0.15, -0.1) is 0 Å². The molecule has 0 N–H and O–H groups in total. The van der Waals surface area contributed by atoms with Gasteiger partial charge in [-0.05, 0) is 73.7 Å². The van der Waals surface area contributed by atoms with Gasteiger partial charge in [0.1, 0.15) is 23.7 Å². The van der Waals surface area contributed by atoms with Crippen LogP contribution in [0.15, 0.2) is 65.7 Å². The number of amidine groups is 1. The molecule has 7 heteroatoms. The van der Waals surface area contributed by atoms with E-state index >= 15 is 0 Å². The Bertz CT molecular complexity index is 1230. The molecule has 5 rings (SSSR count). The zero-order valence-electron chi connectivity index (χ0n) is 19.1. The van der Waals surface area contributed by atoms with Crippen molar-refractivity contribution in [1.29, 1.82) is 0 Å². The molecule has 3 aromatic rings. The first-order valence-electron chi connectivity index (χ1n) is 11.1. The van der Waals surface area contributed by atoms with Crippen LogP contribution in [0, 0.1) is 12.7 Å². The van der Waals surface area contributed by atoms with E-state index in [0.717, 1.165) is 59.1 Å². The summed E-state index contributed by atoms with van der Waals surface area (Å²) >= 11 is 0. The molecular formula is C26H27FN4O2. The van der Waals surface area contributed by atoms with E-state index in [1.165, 1.54) is 12.1 Å². The maximum Gasteiger partial charge on any atom is 0.172 e. The fourth-order valence-electron chi connectivity index (χ4n) is 4.64. The minimum absolute atomic E-state index is 0.240. The number of nitrogens with zero attached hydrogens (tertiary/aromatic N) is 4. The summed E-state index contributed by atoms with van der Waals surface area (Å²) in [6, 6.07) is 12.8. The van der Waals surface area contributed by atoms with Gasteiger partial charge in [0.2, 0.25) is 0 Å². The van der Waals surface area contributed by atoms with E-state index in [9.17, 15) is 4.39 Å². The van der Waals surface area contributed by atoms with Crippen LogP contribution in [-0.4, -0.2) is 40.5 Å². The van der Waals surface area contributed by atoms with Gasteiger partial charge >= 0.3 is 0 Å². The Balaban J connectivity index is 1.48. The molecule has 0 amide bonds. The Morgan fingerprint density at radius 2 is 2.00 bits per heavy atom. The first kappa shape index (κ1) is 21.2. The summed E-state index contributed by atoms with van der Waals surface area (Å²) in [6.07, 6.45) is 7.82. The number of methoxy groups -OCH3 is 1. The molecule has 0 aliphatic carbocycles. The smallest absolute Gasteiger partial charge is 0.172 e. The van der Waals surface area contributed by atoms with Crippen molar-refractivity contribution in [1.82, 2.24) is 14.5 Å². The highest BCUT2D eigenvalue weighted by Gasteiger charge is 2.42. The fourth-order valence-corrected chi connectivity index (χ4v) is 4.64. The van der Waals surface area contributed by atoms with Crippen molar-refractivity contribution in [3.63, 3.8) is 0 Å². The third-order valence-electron chi connectivity index (χ3n) is 6.46. The van der Waals surface area contributed by atoms with Crippen molar-refractivity contribution in [3.05, 3.63) is 83.2 Å². The van der Waals surface area contributed by atoms with Crippen molar-refractivity contribution >= 4 is 11.9 Å². The second-order valence-electron chi connectivity index (χ2n) is 8.75. The number of halogens is 1. The number of oxime groups is 1. The first-order chi connectivity index (χ1) is 16.0. The van der Waals surface area contributed by atoms with Crippen molar-refractivity contribution in [3.8, 4) is 11.4 Å². The van der Waals surface area contributed by atoms with Gasteiger partial charge in [-0.2, -0.15) is 0 Å². The van der Waals surface area contributed by atoms with E-state index in [0.29, 0.717) is 6.61 Å². The van der Waals surface area contributed by atoms with Crippen LogP contribution in [0.3, 0.4) is 0 Å². The van der Waals surface area contributed by atoms with Gasteiger partial charge in [-0.25, -0.2) is 9.37 Å². The van der Waals surface area contributed by atoms with Gasteiger partial charge in [0.05, 0.1) is 24.8 Å². The number of hydrogen-bond donors (Lipinski definition) is 0. The highest BCUT2D eigenvalue weighted by atomic mass is 19.1. The lowest BCUT2D eigenvalue weighted by Gasteiger charge is -2.47. The number of fused-ring (bicyclic) bond motifs is 1. The van der Waals surface area contributed by atoms with E-state index in [-0.39, 0.29) is 5.82 Å². The molecule has 1 aromatic heterocycles. The molecule has 6 nitrogen and oxygen atoms in total. The predicted octanol–water partition coefficient (Wildman–Crippen LogP) is 5.07. The van der Waals surface area contributed by atoms with Crippen LogP contribution in [0.25, 0.3) is 11.8 Å². The zero-order valence-corrected chi connectivity index (χ0v) is 19.1. The molecule has 2 aromatic carbocycles. The molecule has 1 unspecified atom stereocenters. The highest BCUT2D eigenvalue weighted by Crippen LogP contribution is 2.37. The van der Waals surface area contributed by atoms with Crippen LogP contribution in [-0.2, 0) is 10.4 Å². The zero-order chi connectivity index (χ0) is 23.0. The number of benzene rings is 2. The van der Waals surface area contributed by atoms with E-state index in [1.54, 1.807) is 13.4 Å². The number of hydrogen-bond acceptors (Lipinski definition) is 5. The van der Waals surface area contributed by atoms with Crippen LogP contribution in [0.1, 0.15) is 36.6 Å². The molecule has 3 heterocycles. The number of imidazole rings is 1. The molecule has 2 aliphatic rings. The van der Waals surface area contributed by atoms with Crippen LogP contribution in [0.5, 0.6) is 5.75 Å². The largest absolute Gasteiger partial charge is 0.495 e. The standard InChI is InChI=1S/C26H27FN4O2/c1-18-15-30(17-28-18)23-11-6-19(14-24(23)32-3)13-20-5-4-12-31-25(20)29-33-16-26(31,2)21-7-9-22(27)10-8-21/h6-11,13-15,17H,4-5,12,16H2,1-3H3. The lowest BCUT2D eigenvalue weighted by Crippen LogP contribution is -2.55. The Morgan fingerprint density at radius 3 is 2.73 bits per heavy atom. The van der Waals surface area contributed by atoms with Crippen LogP contribution in [0.2, 0.25) is 0 Å².